The van der Waals surface area contributed by atoms with E-state index in [1.807, 2.05) is 67.8 Å². The smallest absolute Gasteiger partial charge is 0.348 e. The number of anilines is 2. The Kier molecular flexibility index (Phi) is 8.39. The molecule has 0 radical (unpaired) electrons. The number of rotatable bonds is 10. The maximum absolute atomic E-state index is 12.7. The molecule has 8 heteroatoms. The number of imidazole rings is 1. The van der Waals surface area contributed by atoms with E-state index in [1.165, 1.54) is 30.4 Å². The van der Waals surface area contributed by atoms with Gasteiger partial charge in [-0.3, -0.25) is 4.57 Å². The number of carbonyl (C=O) groups excluding carboxylic acids is 1. The largest absolute Gasteiger partial charge is 0.494 e. The molecular formula is C30H40N6O2. The second kappa shape index (κ2) is 11.7. The molecule has 0 bridgehead atoms. The van der Waals surface area contributed by atoms with Crippen LogP contribution in [0.2, 0.25) is 0 Å². The number of hydrogen-bond donors (Lipinski definition) is 2. The SMILES string of the molecule is CC(C)CCCCCCOc1ccc2c(c1)ncn2-c1ccc(NC(=O)n2nc(C(C)(C)C)cc2N)cc1. The summed E-state index contributed by atoms with van der Waals surface area (Å²) in [5.74, 6) is 1.93. The van der Waals surface area contributed by atoms with E-state index >= 15 is 0 Å². The Balaban J connectivity index is 1.35. The van der Waals surface area contributed by atoms with Crippen molar-refractivity contribution in [1.82, 2.24) is 19.3 Å². The van der Waals surface area contributed by atoms with Gasteiger partial charge in [0.05, 0.1) is 23.3 Å². The normalized spacial score (nSPS) is 11.8. The molecule has 0 unspecified atom stereocenters. The van der Waals surface area contributed by atoms with E-state index in [2.05, 4.69) is 29.2 Å². The minimum absolute atomic E-state index is 0.200. The van der Waals surface area contributed by atoms with E-state index in [1.54, 1.807) is 12.4 Å². The first kappa shape index (κ1) is 27.2. The summed E-state index contributed by atoms with van der Waals surface area (Å²) in [6.07, 6.45) is 7.94. The van der Waals surface area contributed by atoms with Crippen molar-refractivity contribution in [3.05, 3.63) is 60.6 Å². The molecule has 0 saturated heterocycles. The van der Waals surface area contributed by atoms with Gasteiger partial charge in [0.2, 0.25) is 0 Å². The van der Waals surface area contributed by atoms with E-state index in [0.717, 1.165) is 47.1 Å². The standard InChI is InChI=1S/C30H40N6O2/c1-21(2)10-8-6-7-9-17-38-24-15-16-26-25(18-24)32-20-35(26)23-13-11-22(12-14-23)33-29(37)36-28(31)19-27(34-36)30(3,4)5/h11-16,18-21H,6-10,17,31H2,1-5H3,(H,33,37). The number of nitrogens with two attached hydrogens (primary N) is 1. The predicted octanol–water partition coefficient (Wildman–Crippen LogP) is 7.17. The Hall–Kier alpha value is -3.81. The predicted molar refractivity (Wildman–Crippen MR) is 154 cm³/mol. The van der Waals surface area contributed by atoms with E-state index in [9.17, 15) is 4.79 Å². The molecule has 0 aliphatic carbocycles. The first-order chi connectivity index (χ1) is 18.1. The fourth-order valence-electron chi connectivity index (χ4n) is 4.29. The van der Waals surface area contributed by atoms with Crippen LogP contribution in [0.3, 0.4) is 0 Å². The second-order valence-corrected chi connectivity index (χ2v) is 11.3. The van der Waals surface area contributed by atoms with E-state index in [4.69, 9.17) is 10.5 Å². The number of ether oxygens (including phenoxy) is 1. The maximum Gasteiger partial charge on any atom is 0.348 e. The number of aromatic nitrogens is 4. The Morgan fingerprint density at radius 2 is 1.76 bits per heavy atom. The van der Waals surface area contributed by atoms with Crippen LogP contribution in [0.15, 0.2) is 54.9 Å². The summed E-state index contributed by atoms with van der Waals surface area (Å²) in [6.45, 7) is 11.4. The van der Waals surface area contributed by atoms with E-state index in [-0.39, 0.29) is 5.41 Å². The lowest BCUT2D eigenvalue weighted by molar-refractivity contribution is 0.251. The average Bonchev–Trinajstić information content (AvgIpc) is 3.47. The Labute approximate surface area is 225 Å². The molecule has 2 aromatic heterocycles. The van der Waals surface area contributed by atoms with Crippen LogP contribution in [0.5, 0.6) is 5.75 Å². The molecule has 0 atom stereocenters. The molecule has 202 valence electrons. The number of nitrogens with zero attached hydrogens (tertiary/aromatic N) is 4. The number of nitrogens with one attached hydrogen (secondary N) is 1. The highest BCUT2D eigenvalue weighted by Crippen LogP contribution is 2.25. The van der Waals surface area contributed by atoms with E-state index < -0.39 is 6.03 Å². The molecule has 0 aliphatic heterocycles. The maximum atomic E-state index is 12.7. The minimum Gasteiger partial charge on any atom is -0.494 e. The van der Waals surface area contributed by atoms with Crippen LogP contribution in [0.25, 0.3) is 16.7 Å². The number of carbonyl (C=O) groups is 1. The van der Waals surface area contributed by atoms with Crippen LogP contribution in [0.4, 0.5) is 16.3 Å². The van der Waals surface area contributed by atoms with Crippen molar-refractivity contribution in [2.75, 3.05) is 17.7 Å². The third kappa shape index (κ3) is 6.73. The number of unbranched alkanes of at least 4 members (excludes halogenated alkanes) is 3. The van der Waals surface area contributed by atoms with Crippen LogP contribution < -0.4 is 15.8 Å². The van der Waals surface area contributed by atoms with Crippen molar-refractivity contribution in [3.63, 3.8) is 0 Å². The average molecular weight is 517 g/mol. The van der Waals surface area contributed by atoms with Crippen molar-refractivity contribution >= 4 is 28.6 Å². The monoisotopic (exact) mass is 516 g/mol. The van der Waals surface area contributed by atoms with Gasteiger partial charge in [0.25, 0.3) is 0 Å². The fourth-order valence-corrected chi connectivity index (χ4v) is 4.29. The van der Waals surface area contributed by atoms with Gasteiger partial charge >= 0.3 is 6.03 Å². The molecule has 4 rings (SSSR count). The topological polar surface area (TPSA) is 100.0 Å². The second-order valence-electron chi connectivity index (χ2n) is 11.3. The van der Waals surface area contributed by atoms with Gasteiger partial charge < -0.3 is 15.8 Å². The summed E-state index contributed by atoms with van der Waals surface area (Å²) < 4.78 is 9.18. The summed E-state index contributed by atoms with van der Waals surface area (Å²) >= 11 is 0. The van der Waals surface area contributed by atoms with Crippen LogP contribution in [0.1, 0.15) is 72.4 Å². The summed E-state index contributed by atoms with van der Waals surface area (Å²) in [5, 5.41) is 7.24. The molecule has 0 aliphatic rings. The van der Waals surface area contributed by atoms with Crippen LogP contribution in [-0.4, -0.2) is 32.0 Å². The van der Waals surface area contributed by atoms with Gasteiger partial charge in [-0.1, -0.05) is 60.3 Å². The zero-order chi connectivity index (χ0) is 27.3. The van der Waals surface area contributed by atoms with Crippen LogP contribution in [0, 0.1) is 5.92 Å². The van der Waals surface area contributed by atoms with Crippen molar-refractivity contribution in [3.8, 4) is 11.4 Å². The van der Waals surface area contributed by atoms with Gasteiger partial charge in [-0.2, -0.15) is 9.78 Å². The Bertz CT molecular complexity index is 1360. The fraction of sp³-hybridized carbons (Fsp3) is 0.433. The molecular weight excluding hydrogens is 476 g/mol. The Morgan fingerprint density at radius 1 is 1.03 bits per heavy atom. The quantitative estimate of drug-likeness (QED) is 0.218. The molecule has 0 spiro atoms. The summed E-state index contributed by atoms with van der Waals surface area (Å²) in [5.41, 5.74) is 10.0. The molecule has 0 fully saturated rings. The van der Waals surface area contributed by atoms with E-state index in [0.29, 0.717) is 11.5 Å². The van der Waals surface area contributed by atoms with Crippen molar-refractivity contribution in [2.45, 2.75) is 72.1 Å². The molecule has 2 aromatic carbocycles. The lowest BCUT2D eigenvalue weighted by atomic mass is 9.92. The third-order valence-electron chi connectivity index (χ3n) is 6.56. The summed E-state index contributed by atoms with van der Waals surface area (Å²) in [6, 6.07) is 14.9. The number of benzene rings is 2. The highest BCUT2D eigenvalue weighted by atomic mass is 16.5. The first-order valence-electron chi connectivity index (χ1n) is 13.5. The molecule has 2 heterocycles. The number of hydrogen-bond acceptors (Lipinski definition) is 5. The molecule has 0 saturated carbocycles. The minimum atomic E-state index is -0.401. The van der Waals surface area contributed by atoms with Crippen molar-refractivity contribution in [2.24, 2.45) is 5.92 Å². The number of amides is 1. The zero-order valence-electron chi connectivity index (χ0n) is 23.2. The summed E-state index contributed by atoms with van der Waals surface area (Å²) in [7, 11) is 0. The highest BCUT2D eigenvalue weighted by Gasteiger charge is 2.21. The van der Waals surface area contributed by atoms with Gasteiger partial charge in [0.15, 0.2) is 0 Å². The van der Waals surface area contributed by atoms with Gasteiger partial charge in [-0.05, 0) is 48.7 Å². The molecule has 3 N–H and O–H groups in total. The first-order valence-corrected chi connectivity index (χ1v) is 13.5. The highest BCUT2D eigenvalue weighted by molar-refractivity contribution is 5.92. The Morgan fingerprint density at radius 3 is 2.45 bits per heavy atom. The number of nitrogen functional groups attached to an aromatic ring is 1. The summed E-state index contributed by atoms with van der Waals surface area (Å²) in [4.78, 5) is 17.3. The lowest BCUT2D eigenvalue weighted by Gasteiger charge is -2.14. The molecule has 8 nitrogen and oxygen atoms in total. The number of fused-ring (bicyclic) bond motifs is 1. The van der Waals surface area contributed by atoms with Gasteiger partial charge in [-0.15, -0.1) is 0 Å². The molecule has 1 amide bonds. The molecule has 38 heavy (non-hydrogen) atoms. The van der Waals surface area contributed by atoms with Gasteiger partial charge in [-0.25, -0.2) is 9.78 Å². The lowest BCUT2D eigenvalue weighted by Crippen LogP contribution is -2.23. The van der Waals surface area contributed by atoms with Crippen molar-refractivity contribution in [1.29, 1.82) is 0 Å². The van der Waals surface area contributed by atoms with Crippen molar-refractivity contribution < 1.29 is 9.53 Å². The third-order valence-corrected chi connectivity index (χ3v) is 6.56. The van der Waals surface area contributed by atoms with Gasteiger partial charge in [0, 0.05) is 28.9 Å². The van der Waals surface area contributed by atoms with Gasteiger partial charge in [0.1, 0.15) is 17.9 Å². The van der Waals surface area contributed by atoms with Crippen LogP contribution in [-0.2, 0) is 5.41 Å². The zero-order valence-corrected chi connectivity index (χ0v) is 23.2. The molecule has 4 aromatic rings. The van der Waals surface area contributed by atoms with Crippen LogP contribution >= 0.6 is 0 Å².